The minimum absolute atomic E-state index is 0.135. The van der Waals surface area contributed by atoms with Gasteiger partial charge in [-0.25, -0.2) is 0 Å². The third-order valence-electron chi connectivity index (χ3n) is 3.00. The molecule has 0 aliphatic rings. The van der Waals surface area contributed by atoms with Crippen molar-refractivity contribution in [1.82, 2.24) is 0 Å². The minimum Gasteiger partial charge on any atom is -0.320 e. The van der Waals surface area contributed by atoms with Gasteiger partial charge in [0, 0.05) is 6.07 Å². The first-order chi connectivity index (χ1) is 11.4. The fourth-order valence-electron chi connectivity index (χ4n) is 1.87. The molecule has 1 N–H and O–H groups in total. The maximum atomic E-state index is 12.2. The lowest BCUT2D eigenvalue weighted by atomic mass is 10.1. The van der Waals surface area contributed by atoms with Gasteiger partial charge in [-0.3, -0.25) is 14.9 Å². The van der Waals surface area contributed by atoms with Crippen molar-refractivity contribution in [3.8, 4) is 6.07 Å². The number of nitrogens with one attached hydrogen (secondary N) is 1. The largest absolute Gasteiger partial charge is 0.320 e. The number of nitriles is 1. The fourth-order valence-corrected chi connectivity index (χ4v) is 2.22. The monoisotopic (exact) mass is 361 g/mol. The highest BCUT2D eigenvalue weighted by molar-refractivity contribution is 6.44. The summed E-state index contributed by atoms with van der Waals surface area (Å²) in [5.41, 5.74) is -0.136. The highest BCUT2D eigenvalue weighted by atomic mass is 35.5. The number of amides is 1. The summed E-state index contributed by atoms with van der Waals surface area (Å²) >= 11 is 11.8. The molecule has 0 unspecified atom stereocenters. The molecule has 0 aliphatic heterocycles. The molecule has 0 fully saturated rings. The molecule has 0 saturated carbocycles. The second-order valence-electron chi connectivity index (χ2n) is 4.54. The zero-order chi connectivity index (χ0) is 17.7. The molecule has 0 atom stereocenters. The highest BCUT2D eigenvalue weighted by Gasteiger charge is 2.16. The van der Waals surface area contributed by atoms with E-state index in [9.17, 15) is 20.2 Å². The number of halogens is 2. The lowest BCUT2D eigenvalue weighted by Gasteiger charge is -2.07. The standard InChI is InChI=1S/C16H9Cl2N3O3/c17-12-5-3-6-13(15(12)18)20-16(22)11(9-19)8-10-4-1-2-7-14(10)21(23)24/h1-8H,(H,20,22)/b11-8-. The number of hydrogen-bond acceptors (Lipinski definition) is 4. The van der Waals surface area contributed by atoms with Gasteiger partial charge in [0.2, 0.25) is 0 Å². The van der Waals surface area contributed by atoms with Gasteiger partial charge in [0.05, 0.1) is 26.2 Å². The lowest BCUT2D eigenvalue weighted by molar-refractivity contribution is -0.385. The van der Waals surface area contributed by atoms with E-state index in [0.29, 0.717) is 0 Å². The van der Waals surface area contributed by atoms with Gasteiger partial charge in [-0.15, -0.1) is 0 Å². The molecule has 2 aromatic carbocycles. The normalized spacial score (nSPS) is 10.8. The Morgan fingerprint density at radius 1 is 1.21 bits per heavy atom. The summed E-state index contributed by atoms with van der Waals surface area (Å²) in [6.45, 7) is 0. The topological polar surface area (TPSA) is 96.0 Å². The average molecular weight is 362 g/mol. The number of nitrogens with zero attached hydrogens (tertiary/aromatic N) is 2. The molecule has 0 spiro atoms. The Bertz CT molecular complexity index is 888. The number of carbonyl (C=O) groups excluding carboxylic acids is 1. The molecular formula is C16H9Cl2N3O3. The first-order valence-electron chi connectivity index (χ1n) is 6.54. The molecule has 2 rings (SSSR count). The predicted octanol–water partition coefficient (Wildman–Crippen LogP) is 4.45. The third kappa shape index (κ3) is 3.90. The Morgan fingerprint density at radius 3 is 2.58 bits per heavy atom. The van der Waals surface area contributed by atoms with Crippen molar-refractivity contribution in [2.45, 2.75) is 0 Å². The summed E-state index contributed by atoms with van der Waals surface area (Å²) in [5, 5.41) is 23.0. The third-order valence-corrected chi connectivity index (χ3v) is 3.82. The molecule has 6 nitrogen and oxygen atoms in total. The number of para-hydroxylation sites is 1. The van der Waals surface area contributed by atoms with Gasteiger partial charge in [0.25, 0.3) is 11.6 Å². The van der Waals surface area contributed by atoms with Gasteiger partial charge in [0.15, 0.2) is 0 Å². The molecule has 8 heteroatoms. The molecule has 24 heavy (non-hydrogen) atoms. The number of hydrogen-bond donors (Lipinski definition) is 1. The van der Waals surface area contributed by atoms with Crippen molar-refractivity contribution >= 4 is 46.6 Å². The van der Waals surface area contributed by atoms with Crippen LogP contribution < -0.4 is 5.32 Å². The number of carbonyl (C=O) groups is 1. The second-order valence-corrected chi connectivity index (χ2v) is 5.33. The van der Waals surface area contributed by atoms with Crippen LogP contribution in [0.2, 0.25) is 10.0 Å². The summed E-state index contributed by atoms with van der Waals surface area (Å²) in [5.74, 6) is -0.750. The van der Waals surface area contributed by atoms with Crippen molar-refractivity contribution in [2.75, 3.05) is 5.32 Å². The molecule has 0 heterocycles. The Morgan fingerprint density at radius 2 is 1.92 bits per heavy atom. The van der Waals surface area contributed by atoms with E-state index in [1.165, 1.54) is 24.3 Å². The Kier molecular flexibility index (Phi) is 5.53. The van der Waals surface area contributed by atoms with Crippen molar-refractivity contribution in [1.29, 1.82) is 5.26 Å². The molecule has 0 radical (unpaired) electrons. The summed E-state index contributed by atoms with van der Waals surface area (Å²) in [7, 11) is 0. The maximum Gasteiger partial charge on any atom is 0.276 e. The first-order valence-corrected chi connectivity index (χ1v) is 7.30. The number of anilines is 1. The van der Waals surface area contributed by atoms with Crippen LogP contribution in [-0.4, -0.2) is 10.8 Å². The van der Waals surface area contributed by atoms with Crippen LogP contribution in [0, 0.1) is 21.4 Å². The van der Waals surface area contributed by atoms with E-state index >= 15 is 0 Å². The first kappa shape index (κ1) is 17.5. The minimum atomic E-state index is -0.750. The maximum absolute atomic E-state index is 12.2. The predicted molar refractivity (Wildman–Crippen MR) is 91.8 cm³/mol. The molecule has 0 bridgehead atoms. The van der Waals surface area contributed by atoms with E-state index in [4.69, 9.17) is 23.2 Å². The fraction of sp³-hybridized carbons (Fsp3) is 0. The molecule has 2 aromatic rings. The zero-order valence-corrected chi connectivity index (χ0v) is 13.5. The van der Waals surface area contributed by atoms with Crippen LogP contribution in [0.25, 0.3) is 6.08 Å². The van der Waals surface area contributed by atoms with Gasteiger partial charge in [-0.2, -0.15) is 5.26 Å². The van der Waals surface area contributed by atoms with Crippen LogP contribution in [0.3, 0.4) is 0 Å². The number of nitro groups is 1. The zero-order valence-electron chi connectivity index (χ0n) is 12.0. The number of rotatable bonds is 4. The molecule has 1 amide bonds. The summed E-state index contributed by atoms with van der Waals surface area (Å²) < 4.78 is 0. The lowest BCUT2D eigenvalue weighted by Crippen LogP contribution is -2.14. The van der Waals surface area contributed by atoms with E-state index in [0.717, 1.165) is 6.08 Å². The van der Waals surface area contributed by atoms with Crippen LogP contribution >= 0.6 is 23.2 Å². The summed E-state index contributed by atoms with van der Waals surface area (Å²) in [4.78, 5) is 22.6. The van der Waals surface area contributed by atoms with Crippen LogP contribution in [0.4, 0.5) is 11.4 Å². The van der Waals surface area contributed by atoms with Gasteiger partial charge in [0.1, 0.15) is 11.6 Å². The van der Waals surface area contributed by atoms with Gasteiger partial charge in [-0.05, 0) is 24.3 Å². The van der Waals surface area contributed by atoms with Gasteiger partial charge >= 0.3 is 0 Å². The van der Waals surface area contributed by atoms with Gasteiger partial charge in [-0.1, -0.05) is 41.4 Å². The van der Waals surface area contributed by atoms with E-state index in [2.05, 4.69) is 5.32 Å². The molecular weight excluding hydrogens is 353 g/mol. The van der Waals surface area contributed by atoms with E-state index < -0.39 is 10.8 Å². The van der Waals surface area contributed by atoms with Crippen molar-refractivity contribution in [2.24, 2.45) is 0 Å². The van der Waals surface area contributed by atoms with Gasteiger partial charge < -0.3 is 5.32 Å². The summed E-state index contributed by atoms with van der Waals surface area (Å²) in [6.07, 6.45) is 1.14. The quantitative estimate of drug-likeness (QED) is 0.376. The van der Waals surface area contributed by atoms with E-state index in [1.54, 1.807) is 24.3 Å². The van der Waals surface area contributed by atoms with Crippen molar-refractivity contribution in [3.05, 3.63) is 73.8 Å². The Balaban J connectivity index is 2.35. The van der Waals surface area contributed by atoms with E-state index in [1.807, 2.05) is 0 Å². The molecule has 0 saturated heterocycles. The molecule has 0 aliphatic carbocycles. The highest BCUT2D eigenvalue weighted by Crippen LogP contribution is 2.30. The second kappa shape index (κ2) is 7.59. The van der Waals surface area contributed by atoms with Crippen molar-refractivity contribution in [3.63, 3.8) is 0 Å². The van der Waals surface area contributed by atoms with Crippen LogP contribution in [0.1, 0.15) is 5.56 Å². The number of nitro benzene ring substituents is 1. The Labute approximate surface area is 147 Å². The van der Waals surface area contributed by atoms with Crippen LogP contribution in [-0.2, 0) is 4.79 Å². The Hall–Kier alpha value is -2.88. The molecule has 120 valence electrons. The van der Waals surface area contributed by atoms with Crippen LogP contribution in [0.5, 0.6) is 0 Å². The summed E-state index contributed by atoms with van der Waals surface area (Å²) in [6, 6.07) is 12.2. The smallest absolute Gasteiger partial charge is 0.276 e. The van der Waals surface area contributed by atoms with Crippen molar-refractivity contribution < 1.29 is 9.72 Å². The molecule has 0 aromatic heterocycles. The SMILES string of the molecule is N#C/C(=C/c1ccccc1[N+](=O)[O-])C(=O)Nc1cccc(Cl)c1Cl. The number of benzene rings is 2. The van der Waals surface area contributed by atoms with Crippen LogP contribution in [0.15, 0.2) is 48.0 Å². The average Bonchev–Trinajstić information content (AvgIpc) is 2.56. The van der Waals surface area contributed by atoms with E-state index in [-0.39, 0.29) is 32.6 Å².